The summed E-state index contributed by atoms with van der Waals surface area (Å²) < 4.78 is 0. The molecule has 1 radical (unpaired) electrons. The average molecular weight is 623 g/mol. The van der Waals surface area contributed by atoms with Crippen LogP contribution in [0.2, 0.25) is 0 Å². The molecule has 173 valence electrons. The van der Waals surface area contributed by atoms with Gasteiger partial charge in [-0.25, -0.2) is 9.97 Å². The van der Waals surface area contributed by atoms with Gasteiger partial charge in [-0.1, -0.05) is 18.2 Å². The molecule has 2 aliphatic heterocycles. The van der Waals surface area contributed by atoms with Crippen LogP contribution < -0.4 is 14.7 Å². The molecule has 0 bridgehead atoms. The molecule has 0 amide bonds. The Morgan fingerprint density at radius 2 is 1.29 bits per heavy atom. The number of hydrogen-bond donors (Lipinski definition) is 0. The van der Waals surface area contributed by atoms with Gasteiger partial charge in [-0.2, -0.15) is 67.3 Å². The Morgan fingerprint density at radius 3 is 1.88 bits per heavy atom. The van der Waals surface area contributed by atoms with E-state index in [1.807, 2.05) is 131 Å². The summed E-state index contributed by atoms with van der Waals surface area (Å²) in [4.78, 5) is 17.0. The second-order valence-electron chi connectivity index (χ2n) is 7.38. The molecule has 0 saturated carbocycles. The number of nitrogens with zero attached hydrogens (tertiary/aromatic N) is 6. The molecular weight excluding hydrogens is 601 g/mol. The minimum Gasteiger partial charge on any atom is -0.510 e. The van der Waals surface area contributed by atoms with Crippen molar-refractivity contribution in [2.24, 2.45) is 0 Å². The SMILES string of the molecule is CN1C=CN(c2[c-]cccc2)[CH-]1.[Ir].[c-]1ccccc1N1[CH-]N(c2ccccc2)c2nccnc21. The van der Waals surface area contributed by atoms with Crippen molar-refractivity contribution in [1.29, 1.82) is 0 Å². The molecule has 0 unspecified atom stereocenters. The fraction of sp³-hybridized carbons (Fsp3) is 0.0370. The number of hydrogen-bond acceptors (Lipinski definition) is 6. The topological polar surface area (TPSA) is 38.7 Å². The van der Waals surface area contributed by atoms with Gasteiger partial charge in [-0.05, 0) is 31.6 Å². The number of fused-ring (bicyclic) bond motifs is 1. The molecule has 0 aliphatic carbocycles. The zero-order chi connectivity index (χ0) is 22.5. The summed E-state index contributed by atoms with van der Waals surface area (Å²) in [6, 6.07) is 32.2. The molecule has 3 heterocycles. The van der Waals surface area contributed by atoms with E-state index in [2.05, 4.69) is 22.1 Å². The van der Waals surface area contributed by atoms with E-state index in [0.717, 1.165) is 28.7 Å². The Hall–Kier alpha value is -3.67. The quantitative estimate of drug-likeness (QED) is 0.281. The van der Waals surface area contributed by atoms with E-state index in [4.69, 9.17) is 0 Å². The zero-order valence-electron chi connectivity index (χ0n) is 18.5. The fourth-order valence-corrected chi connectivity index (χ4v) is 3.51. The van der Waals surface area contributed by atoms with Gasteiger partial charge in [0.2, 0.25) is 0 Å². The van der Waals surface area contributed by atoms with Crippen LogP contribution in [0.25, 0.3) is 0 Å². The van der Waals surface area contributed by atoms with Gasteiger partial charge in [0.1, 0.15) is 11.6 Å². The second-order valence-corrected chi connectivity index (χ2v) is 7.38. The molecule has 0 N–H and O–H groups in total. The Kier molecular flexibility index (Phi) is 7.58. The summed E-state index contributed by atoms with van der Waals surface area (Å²) in [5.41, 5.74) is 3.06. The summed E-state index contributed by atoms with van der Waals surface area (Å²) in [5.74, 6) is 1.63. The minimum absolute atomic E-state index is 0. The maximum Gasteiger partial charge on any atom is 0.145 e. The first-order chi connectivity index (χ1) is 16.3. The van der Waals surface area contributed by atoms with Crippen molar-refractivity contribution in [2.45, 2.75) is 0 Å². The van der Waals surface area contributed by atoms with E-state index >= 15 is 0 Å². The third-order valence-corrected chi connectivity index (χ3v) is 5.07. The van der Waals surface area contributed by atoms with Gasteiger partial charge in [-0.3, -0.25) is 0 Å². The van der Waals surface area contributed by atoms with Crippen LogP contribution in [0.1, 0.15) is 0 Å². The summed E-state index contributed by atoms with van der Waals surface area (Å²) in [7, 11) is 2.00. The smallest absolute Gasteiger partial charge is 0.145 e. The van der Waals surface area contributed by atoms with Gasteiger partial charge in [0.25, 0.3) is 0 Å². The molecule has 0 atom stereocenters. The molecule has 7 heteroatoms. The molecule has 3 aromatic carbocycles. The van der Waals surface area contributed by atoms with Crippen LogP contribution in [0, 0.1) is 25.5 Å². The molecule has 4 aromatic rings. The summed E-state index contributed by atoms with van der Waals surface area (Å²) in [5, 5.41) is 0. The van der Waals surface area contributed by atoms with Crippen LogP contribution in [-0.2, 0) is 20.1 Å². The first kappa shape index (κ1) is 23.5. The van der Waals surface area contributed by atoms with Crippen LogP contribution >= 0.6 is 0 Å². The van der Waals surface area contributed by atoms with E-state index in [1.54, 1.807) is 12.4 Å². The largest absolute Gasteiger partial charge is 0.510 e. The van der Waals surface area contributed by atoms with Crippen molar-refractivity contribution in [2.75, 3.05) is 21.7 Å². The van der Waals surface area contributed by atoms with Gasteiger partial charge in [0.05, 0.1) is 0 Å². The Bertz CT molecular complexity index is 1140. The van der Waals surface area contributed by atoms with Crippen molar-refractivity contribution < 1.29 is 20.1 Å². The Morgan fingerprint density at radius 1 is 0.676 bits per heavy atom. The summed E-state index contributed by atoms with van der Waals surface area (Å²) in [6.07, 6.45) is 7.42. The minimum atomic E-state index is 0. The van der Waals surface area contributed by atoms with Crippen LogP contribution in [0.4, 0.5) is 28.7 Å². The molecule has 1 aromatic heterocycles. The first-order valence-corrected chi connectivity index (χ1v) is 10.6. The van der Waals surface area contributed by atoms with E-state index < -0.39 is 0 Å². The molecule has 6 rings (SSSR count). The number of aromatic nitrogens is 2. The van der Waals surface area contributed by atoms with Crippen LogP contribution in [0.15, 0.2) is 104 Å². The monoisotopic (exact) mass is 623 g/mol. The average Bonchev–Trinajstić information content (AvgIpc) is 3.50. The molecular formula is C27H22IrN6-4. The molecule has 0 saturated heterocycles. The van der Waals surface area contributed by atoms with Crippen molar-refractivity contribution in [3.8, 4) is 0 Å². The van der Waals surface area contributed by atoms with Crippen LogP contribution in [0.5, 0.6) is 0 Å². The fourth-order valence-electron chi connectivity index (χ4n) is 3.51. The van der Waals surface area contributed by atoms with E-state index in [9.17, 15) is 0 Å². The second kappa shape index (κ2) is 11.0. The standard InChI is InChI=1S/C17H12N4.C10H10N2.Ir/c1-3-7-14(8-4-1)20-13-21(15-9-5-2-6-10-15)17-16(20)18-11-12-19-17;1-11-7-8-12(9-11)10-5-3-2-4-6-10;/h1-9,11-13H;2-5,7-9H,1H3;/q2*-2;. The predicted molar refractivity (Wildman–Crippen MR) is 131 cm³/mol. The van der Waals surface area contributed by atoms with Crippen molar-refractivity contribution in [1.82, 2.24) is 14.9 Å². The number of rotatable bonds is 3. The van der Waals surface area contributed by atoms with E-state index in [0.29, 0.717) is 0 Å². The van der Waals surface area contributed by atoms with Crippen molar-refractivity contribution in [3.05, 3.63) is 129 Å². The van der Waals surface area contributed by atoms with Gasteiger partial charge in [-0.15, -0.1) is 18.0 Å². The third kappa shape index (κ3) is 5.11. The molecule has 2 aliphatic rings. The number of benzene rings is 3. The van der Waals surface area contributed by atoms with Gasteiger partial charge in [0, 0.05) is 38.2 Å². The Labute approximate surface area is 214 Å². The predicted octanol–water partition coefficient (Wildman–Crippen LogP) is 5.51. The molecule has 6 nitrogen and oxygen atoms in total. The van der Waals surface area contributed by atoms with E-state index in [1.165, 1.54) is 0 Å². The van der Waals surface area contributed by atoms with Gasteiger partial charge in [0.15, 0.2) is 0 Å². The number of anilines is 5. The molecule has 0 fully saturated rings. The summed E-state index contributed by atoms with van der Waals surface area (Å²) in [6.45, 7) is 4.00. The first-order valence-electron chi connectivity index (χ1n) is 10.6. The number of para-hydroxylation sites is 3. The van der Waals surface area contributed by atoms with Crippen molar-refractivity contribution in [3.63, 3.8) is 0 Å². The van der Waals surface area contributed by atoms with Crippen LogP contribution in [-0.4, -0.2) is 21.9 Å². The van der Waals surface area contributed by atoms with Gasteiger partial charge < -0.3 is 19.6 Å². The summed E-state index contributed by atoms with van der Waals surface area (Å²) >= 11 is 0. The molecule has 0 spiro atoms. The van der Waals surface area contributed by atoms with Crippen LogP contribution in [0.3, 0.4) is 0 Å². The van der Waals surface area contributed by atoms with E-state index in [-0.39, 0.29) is 20.1 Å². The van der Waals surface area contributed by atoms with Gasteiger partial charge >= 0.3 is 0 Å². The third-order valence-electron chi connectivity index (χ3n) is 5.07. The van der Waals surface area contributed by atoms with Crippen molar-refractivity contribution >= 4 is 28.7 Å². The maximum absolute atomic E-state index is 4.47. The normalized spacial score (nSPS) is 13.8. The molecule has 34 heavy (non-hydrogen) atoms. The maximum atomic E-state index is 4.47. The zero-order valence-corrected chi connectivity index (χ0v) is 20.9. The Balaban J connectivity index is 0.000000180.